The SMILES string of the molecule is CCOC(=O)C1CCN(c2ccc(CC/C(=N\O)c3cccc(-c4ccnc(C)c4)c3C)cc2)CC1. The number of aryl methyl sites for hydroxylation is 2. The molecule has 2 heterocycles. The zero-order valence-electron chi connectivity index (χ0n) is 21.4. The molecule has 1 aromatic heterocycles. The van der Waals surface area contributed by atoms with Crippen LogP contribution in [-0.2, 0) is 16.0 Å². The van der Waals surface area contributed by atoms with E-state index in [1.54, 1.807) is 0 Å². The van der Waals surface area contributed by atoms with Gasteiger partial charge in [0.15, 0.2) is 0 Å². The van der Waals surface area contributed by atoms with E-state index in [9.17, 15) is 10.0 Å². The minimum Gasteiger partial charge on any atom is -0.466 e. The highest BCUT2D eigenvalue weighted by Crippen LogP contribution is 2.28. The molecule has 0 unspecified atom stereocenters. The summed E-state index contributed by atoms with van der Waals surface area (Å²) in [4.78, 5) is 18.6. The van der Waals surface area contributed by atoms with Crippen LogP contribution in [0.15, 0.2) is 65.9 Å². The molecule has 1 aliphatic heterocycles. The van der Waals surface area contributed by atoms with Crippen LogP contribution in [0, 0.1) is 19.8 Å². The minimum absolute atomic E-state index is 0.0150. The molecule has 4 rings (SSSR count). The van der Waals surface area contributed by atoms with E-state index >= 15 is 0 Å². The predicted molar refractivity (Wildman–Crippen MR) is 144 cm³/mol. The van der Waals surface area contributed by atoms with Gasteiger partial charge in [-0.3, -0.25) is 9.78 Å². The molecule has 188 valence electrons. The molecule has 6 nitrogen and oxygen atoms in total. The number of ether oxygens (including phenoxy) is 1. The Kier molecular flexibility index (Phi) is 8.36. The van der Waals surface area contributed by atoms with Crippen molar-refractivity contribution >= 4 is 17.4 Å². The molecule has 1 aliphatic rings. The topological polar surface area (TPSA) is 75.0 Å². The van der Waals surface area contributed by atoms with Crippen molar-refractivity contribution in [3.05, 3.63) is 83.2 Å². The number of pyridine rings is 1. The summed E-state index contributed by atoms with van der Waals surface area (Å²) in [6.07, 6.45) is 4.90. The molecule has 0 radical (unpaired) electrons. The number of hydrogen-bond donors (Lipinski definition) is 1. The highest BCUT2D eigenvalue weighted by Gasteiger charge is 2.26. The highest BCUT2D eigenvalue weighted by atomic mass is 16.5. The van der Waals surface area contributed by atoms with Gasteiger partial charge in [0.2, 0.25) is 0 Å². The first-order valence-corrected chi connectivity index (χ1v) is 12.7. The van der Waals surface area contributed by atoms with Crippen molar-refractivity contribution < 1.29 is 14.7 Å². The molecule has 0 amide bonds. The lowest BCUT2D eigenvalue weighted by Crippen LogP contribution is -2.36. The van der Waals surface area contributed by atoms with Gasteiger partial charge in [-0.1, -0.05) is 35.5 Å². The Hall–Kier alpha value is -3.67. The number of rotatable bonds is 8. The number of nitrogens with zero attached hydrogens (tertiary/aromatic N) is 3. The van der Waals surface area contributed by atoms with Crippen molar-refractivity contribution in [2.24, 2.45) is 11.1 Å². The van der Waals surface area contributed by atoms with Gasteiger partial charge in [0.05, 0.1) is 18.2 Å². The minimum atomic E-state index is -0.0643. The number of carbonyl (C=O) groups is 1. The summed E-state index contributed by atoms with van der Waals surface area (Å²) in [6.45, 7) is 8.07. The molecule has 0 atom stereocenters. The Morgan fingerprint density at radius 3 is 2.53 bits per heavy atom. The lowest BCUT2D eigenvalue weighted by molar-refractivity contribution is -0.148. The van der Waals surface area contributed by atoms with Gasteiger partial charge in [-0.25, -0.2) is 0 Å². The van der Waals surface area contributed by atoms with E-state index in [4.69, 9.17) is 4.74 Å². The number of oxime groups is 1. The van der Waals surface area contributed by atoms with E-state index < -0.39 is 0 Å². The van der Waals surface area contributed by atoms with Gasteiger partial charge in [-0.15, -0.1) is 0 Å². The molecule has 1 N–H and O–H groups in total. The first-order valence-electron chi connectivity index (χ1n) is 12.7. The number of esters is 1. The summed E-state index contributed by atoms with van der Waals surface area (Å²) < 4.78 is 5.18. The third-order valence-corrected chi connectivity index (χ3v) is 7.04. The van der Waals surface area contributed by atoms with Crippen LogP contribution in [0.25, 0.3) is 11.1 Å². The summed E-state index contributed by atoms with van der Waals surface area (Å²) in [7, 11) is 0. The smallest absolute Gasteiger partial charge is 0.309 e. The molecular weight excluding hydrogens is 450 g/mol. The van der Waals surface area contributed by atoms with Crippen molar-refractivity contribution in [3.63, 3.8) is 0 Å². The van der Waals surface area contributed by atoms with Gasteiger partial charge in [-0.05, 0) is 93.0 Å². The molecule has 6 heteroatoms. The maximum Gasteiger partial charge on any atom is 0.309 e. The van der Waals surface area contributed by atoms with Gasteiger partial charge in [0, 0.05) is 36.2 Å². The maximum absolute atomic E-state index is 12.0. The third kappa shape index (κ3) is 5.93. The Morgan fingerprint density at radius 1 is 1.11 bits per heavy atom. The number of benzene rings is 2. The van der Waals surface area contributed by atoms with E-state index in [0.717, 1.165) is 60.3 Å². The van der Waals surface area contributed by atoms with E-state index in [0.29, 0.717) is 18.7 Å². The molecule has 0 bridgehead atoms. The second-order valence-electron chi connectivity index (χ2n) is 9.39. The van der Waals surface area contributed by atoms with Crippen molar-refractivity contribution in [3.8, 4) is 11.1 Å². The standard InChI is InChI=1S/C30H35N3O3/c1-4-36-30(34)24-15-18-33(19-16-24)26-11-8-23(9-12-26)10-13-29(32-35)28-7-5-6-27(22(28)3)25-14-17-31-21(2)20-25/h5-9,11-12,14,17,20,24,35H,4,10,13,15-16,18-19H2,1-3H3/b32-29+. The zero-order chi connectivity index (χ0) is 25.5. The Bertz CT molecular complexity index is 1210. The average molecular weight is 486 g/mol. The van der Waals surface area contributed by atoms with Crippen molar-refractivity contribution in [1.82, 2.24) is 4.98 Å². The number of anilines is 1. The Balaban J connectivity index is 1.38. The average Bonchev–Trinajstić information content (AvgIpc) is 2.90. The van der Waals surface area contributed by atoms with E-state index in [2.05, 4.69) is 58.4 Å². The lowest BCUT2D eigenvalue weighted by Gasteiger charge is -2.32. The van der Waals surface area contributed by atoms with E-state index in [-0.39, 0.29) is 11.9 Å². The highest BCUT2D eigenvalue weighted by molar-refractivity contribution is 6.02. The number of aromatic nitrogens is 1. The van der Waals surface area contributed by atoms with Crippen LogP contribution in [0.2, 0.25) is 0 Å². The van der Waals surface area contributed by atoms with Crippen LogP contribution in [-0.4, -0.2) is 41.6 Å². The lowest BCUT2D eigenvalue weighted by atomic mass is 9.92. The second kappa shape index (κ2) is 11.8. The van der Waals surface area contributed by atoms with E-state index in [1.807, 2.05) is 38.2 Å². The van der Waals surface area contributed by atoms with Crippen molar-refractivity contribution in [2.75, 3.05) is 24.6 Å². The van der Waals surface area contributed by atoms with Gasteiger partial charge in [0.1, 0.15) is 0 Å². The fourth-order valence-electron chi connectivity index (χ4n) is 4.98. The van der Waals surface area contributed by atoms with Crippen LogP contribution >= 0.6 is 0 Å². The summed E-state index contributed by atoms with van der Waals surface area (Å²) in [5.74, 6) is -0.0493. The van der Waals surface area contributed by atoms with Crippen LogP contribution in [0.3, 0.4) is 0 Å². The second-order valence-corrected chi connectivity index (χ2v) is 9.39. The fourth-order valence-corrected chi connectivity index (χ4v) is 4.98. The molecule has 3 aromatic rings. The zero-order valence-corrected chi connectivity index (χ0v) is 21.4. The molecule has 0 saturated carbocycles. The summed E-state index contributed by atoms with van der Waals surface area (Å²) in [5.41, 5.74) is 8.32. The molecule has 0 spiro atoms. The monoisotopic (exact) mass is 485 g/mol. The Labute approximate surface area is 213 Å². The number of piperidine rings is 1. The summed E-state index contributed by atoms with van der Waals surface area (Å²) in [5, 5.41) is 13.5. The van der Waals surface area contributed by atoms with Crippen LogP contribution in [0.5, 0.6) is 0 Å². The van der Waals surface area contributed by atoms with Crippen LogP contribution in [0.4, 0.5) is 5.69 Å². The van der Waals surface area contributed by atoms with E-state index in [1.165, 1.54) is 11.3 Å². The quantitative estimate of drug-likeness (QED) is 0.185. The maximum atomic E-state index is 12.0. The summed E-state index contributed by atoms with van der Waals surface area (Å²) >= 11 is 0. The normalized spacial score (nSPS) is 14.6. The van der Waals surface area contributed by atoms with Crippen LogP contribution < -0.4 is 4.90 Å². The molecule has 36 heavy (non-hydrogen) atoms. The molecule has 0 aliphatic carbocycles. The fraction of sp³-hybridized carbons (Fsp3) is 0.367. The van der Waals surface area contributed by atoms with Crippen molar-refractivity contribution in [2.45, 2.75) is 46.5 Å². The first-order chi connectivity index (χ1) is 17.5. The van der Waals surface area contributed by atoms with Gasteiger partial charge < -0.3 is 14.8 Å². The van der Waals surface area contributed by atoms with Gasteiger partial charge >= 0.3 is 5.97 Å². The first kappa shape index (κ1) is 25.4. The number of hydrogen-bond acceptors (Lipinski definition) is 6. The molecular formula is C30H35N3O3. The Morgan fingerprint density at radius 2 is 1.86 bits per heavy atom. The summed E-state index contributed by atoms with van der Waals surface area (Å²) in [6, 6.07) is 18.8. The van der Waals surface area contributed by atoms with Crippen LogP contribution in [0.1, 0.15) is 48.6 Å². The molecule has 1 saturated heterocycles. The molecule has 1 fully saturated rings. The van der Waals surface area contributed by atoms with Gasteiger partial charge in [0.25, 0.3) is 0 Å². The number of carbonyl (C=O) groups excluding carboxylic acids is 1. The third-order valence-electron chi connectivity index (χ3n) is 7.04. The predicted octanol–water partition coefficient (Wildman–Crippen LogP) is 5.96. The molecule has 2 aromatic carbocycles. The van der Waals surface area contributed by atoms with Crippen molar-refractivity contribution in [1.29, 1.82) is 0 Å². The largest absolute Gasteiger partial charge is 0.466 e. The van der Waals surface area contributed by atoms with Gasteiger partial charge in [-0.2, -0.15) is 0 Å².